The van der Waals surface area contributed by atoms with Crippen LogP contribution in [0.2, 0.25) is 5.02 Å². The number of aromatic nitrogens is 3. The molecule has 0 spiro atoms. The summed E-state index contributed by atoms with van der Waals surface area (Å²) in [4.78, 5) is 23.2. The van der Waals surface area contributed by atoms with Crippen molar-refractivity contribution in [2.24, 2.45) is 11.5 Å². The first-order chi connectivity index (χ1) is 10.0. The third-order valence-corrected chi connectivity index (χ3v) is 2.96. The molecule has 0 aliphatic heterocycles. The lowest BCUT2D eigenvalue weighted by Crippen LogP contribution is -2.15. The van der Waals surface area contributed by atoms with E-state index in [0.29, 0.717) is 13.1 Å². The molecular formula is C12H13ClN6O2. The first kappa shape index (κ1) is 14.9. The minimum absolute atomic E-state index is 0.115. The topological polar surface area (TPSA) is 129 Å². The van der Waals surface area contributed by atoms with Crippen molar-refractivity contribution in [1.82, 2.24) is 15.0 Å². The standard InChI is InChI=1S/C12H13ClN6O2/c13-8-2-1-7(11(15)20)5-9(8)16-12(21)10-6-19(4-3-14)18-17-10/h1-2,5-6H,3-4,14H2,(H2,15,20)(H,16,21). The van der Waals surface area contributed by atoms with E-state index in [9.17, 15) is 9.59 Å². The predicted octanol–water partition coefficient (Wildman–Crippen LogP) is 0.241. The average Bonchev–Trinajstić information content (AvgIpc) is 2.90. The van der Waals surface area contributed by atoms with E-state index in [1.165, 1.54) is 29.1 Å². The summed E-state index contributed by atoms with van der Waals surface area (Å²) >= 11 is 5.96. The van der Waals surface area contributed by atoms with Crippen LogP contribution < -0.4 is 16.8 Å². The van der Waals surface area contributed by atoms with E-state index >= 15 is 0 Å². The molecule has 0 bridgehead atoms. The molecule has 2 rings (SSSR count). The summed E-state index contributed by atoms with van der Waals surface area (Å²) in [6.07, 6.45) is 1.47. The first-order valence-electron chi connectivity index (χ1n) is 6.02. The van der Waals surface area contributed by atoms with Crippen LogP contribution in [0.25, 0.3) is 0 Å². The molecule has 0 aliphatic rings. The van der Waals surface area contributed by atoms with E-state index in [2.05, 4.69) is 15.6 Å². The molecule has 0 unspecified atom stereocenters. The van der Waals surface area contributed by atoms with Crippen LogP contribution in [0.4, 0.5) is 5.69 Å². The number of halogens is 1. The second-order valence-corrected chi connectivity index (χ2v) is 4.58. The first-order valence-corrected chi connectivity index (χ1v) is 6.40. The maximum Gasteiger partial charge on any atom is 0.277 e. The highest BCUT2D eigenvalue weighted by molar-refractivity contribution is 6.34. The number of anilines is 1. The van der Waals surface area contributed by atoms with Crippen molar-refractivity contribution in [3.8, 4) is 0 Å². The fraction of sp³-hybridized carbons (Fsp3) is 0.167. The Morgan fingerprint density at radius 2 is 2.14 bits per heavy atom. The van der Waals surface area contributed by atoms with Crippen molar-refractivity contribution in [2.45, 2.75) is 6.54 Å². The van der Waals surface area contributed by atoms with Gasteiger partial charge >= 0.3 is 0 Å². The largest absolute Gasteiger partial charge is 0.366 e. The van der Waals surface area contributed by atoms with E-state index in [0.717, 1.165) is 0 Å². The van der Waals surface area contributed by atoms with Gasteiger partial charge in [0.25, 0.3) is 5.91 Å². The van der Waals surface area contributed by atoms with E-state index in [-0.39, 0.29) is 22.0 Å². The molecule has 0 saturated heterocycles. The third-order valence-electron chi connectivity index (χ3n) is 2.63. The fourth-order valence-corrected chi connectivity index (χ4v) is 1.77. The summed E-state index contributed by atoms with van der Waals surface area (Å²) < 4.78 is 1.45. The van der Waals surface area contributed by atoms with Crippen LogP contribution in [-0.4, -0.2) is 33.4 Å². The Morgan fingerprint density at radius 1 is 1.38 bits per heavy atom. The lowest BCUT2D eigenvalue weighted by atomic mass is 10.2. The molecule has 0 saturated carbocycles. The molecule has 8 nitrogen and oxygen atoms in total. The van der Waals surface area contributed by atoms with Gasteiger partial charge in [0.15, 0.2) is 5.69 Å². The number of nitrogens with one attached hydrogen (secondary N) is 1. The Hall–Kier alpha value is -2.45. The second-order valence-electron chi connectivity index (χ2n) is 4.17. The molecule has 1 heterocycles. The summed E-state index contributed by atoms with van der Waals surface area (Å²) in [5, 5.41) is 10.3. The number of carbonyl (C=O) groups excluding carboxylic acids is 2. The number of rotatable bonds is 5. The summed E-state index contributed by atoms with van der Waals surface area (Å²) in [7, 11) is 0. The van der Waals surface area contributed by atoms with Gasteiger partial charge in [-0.1, -0.05) is 16.8 Å². The van der Waals surface area contributed by atoms with Crippen LogP contribution in [0.1, 0.15) is 20.8 Å². The number of nitrogens with two attached hydrogens (primary N) is 2. The fourth-order valence-electron chi connectivity index (χ4n) is 1.60. The van der Waals surface area contributed by atoms with Crippen LogP contribution >= 0.6 is 11.6 Å². The zero-order valence-corrected chi connectivity index (χ0v) is 11.7. The van der Waals surface area contributed by atoms with Gasteiger partial charge in [-0.3, -0.25) is 14.3 Å². The SMILES string of the molecule is NCCn1cc(C(=O)Nc2cc(C(N)=O)ccc2Cl)nn1. The third kappa shape index (κ3) is 3.56. The van der Waals surface area contributed by atoms with E-state index in [1.807, 2.05) is 0 Å². The quantitative estimate of drug-likeness (QED) is 0.728. The lowest BCUT2D eigenvalue weighted by molar-refractivity contribution is 0.0995. The van der Waals surface area contributed by atoms with Gasteiger partial charge in [0.1, 0.15) is 0 Å². The van der Waals surface area contributed by atoms with Crippen LogP contribution in [-0.2, 0) is 6.54 Å². The van der Waals surface area contributed by atoms with Crippen molar-refractivity contribution in [1.29, 1.82) is 0 Å². The highest BCUT2D eigenvalue weighted by atomic mass is 35.5. The van der Waals surface area contributed by atoms with Crippen LogP contribution in [0.15, 0.2) is 24.4 Å². The molecule has 5 N–H and O–H groups in total. The van der Waals surface area contributed by atoms with E-state index in [4.69, 9.17) is 23.1 Å². The van der Waals surface area contributed by atoms with Crippen molar-refractivity contribution < 1.29 is 9.59 Å². The summed E-state index contributed by atoms with van der Waals surface area (Å²) in [6.45, 7) is 0.842. The molecule has 9 heteroatoms. The van der Waals surface area contributed by atoms with Crippen molar-refractivity contribution >= 4 is 29.1 Å². The number of benzene rings is 1. The number of amides is 2. The number of carbonyl (C=O) groups is 2. The number of nitrogens with zero attached hydrogens (tertiary/aromatic N) is 3. The van der Waals surface area contributed by atoms with Crippen molar-refractivity contribution in [3.63, 3.8) is 0 Å². The van der Waals surface area contributed by atoms with Gasteiger partial charge in [-0.25, -0.2) is 0 Å². The molecule has 2 amide bonds. The van der Waals surface area contributed by atoms with E-state index in [1.54, 1.807) is 0 Å². The van der Waals surface area contributed by atoms with Crippen LogP contribution in [0.3, 0.4) is 0 Å². The number of hydrogen-bond donors (Lipinski definition) is 3. The minimum Gasteiger partial charge on any atom is -0.366 e. The maximum absolute atomic E-state index is 12.0. The molecular weight excluding hydrogens is 296 g/mol. The highest BCUT2D eigenvalue weighted by Crippen LogP contribution is 2.23. The molecule has 0 radical (unpaired) electrons. The van der Waals surface area contributed by atoms with Crippen molar-refractivity contribution in [3.05, 3.63) is 40.7 Å². The Labute approximate surface area is 125 Å². The van der Waals surface area contributed by atoms with Gasteiger partial charge in [0.2, 0.25) is 5.91 Å². The Bertz CT molecular complexity index is 684. The lowest BCUT2D eigenvalue weighted by Gasteiger charge is -2.06. The van der Waals surface area contributed by atoms with Gasteiger partial charge in [0, 0.05) is 12.1 Å². The Morgan fingerprint density at radius 3 is 2.81 bits per heavy atom. The number of primary amides is 1. The maximum atomic E-state index is 12.0. The smallest absolute Gasteiger partial charge is 0.277 e. The van der Waals surface area contributed by atoms with Crippen molar-refractivity contribution in [2.75, 3.05) is 11.9 Å². The molecule has 21 heavy (non-hydrogen) atoms. The summed E-state index contributed by atoms with van der Waals surface area (Å²) in [5.41, 5.74) is 11.2. The molecule has 0 atom stereocenters. The normalized spacial score (nSPS) is 10.4. The molecule has 1 aromatic heterocycles. The molecule has 1 aromatic carbocycles. The monoisotopic (exact) mass is 308 g/mol. The molecule has 0 aliphatic carbocycles. The summed E-state index contributed by atoms with van der Waals surface area (Å²) in [5.74, 6) is -1.11. The van der Waals surface area contributed by atoms with Gasteiger partial charge in [-0.15, -0.1) is 5.10 Å². The zero-order chi connectivity index (χ0) is 15.4. The van der Waals surface area contributed by atoms with E-state index < -0.39 is 11.8 Å². The zero-order valence-electron chi connectivity index (χ0n) is 10.9. The van der Waals surface area contributed by atoms with Crippen LogP contribution in [0, 0.1) is 0 Å². The number of hydrogen-bond acceptors (Lipinski definition) is 5. The second kappa shape index (κ2) is 6.33. The Balaban J connectivity index is 2.18. The molecule has 2 aromatic rings. The molecule has 0 fully saturated rings. The van der Waals surface area contributed by atoms with Gasteiger partial charge in [-0.05, 0) is 18.2 Å². The van der Waals surface area contributed by atoms with Gasteiger partial charge in [0.05, 0.1) is 23.5 Å². The van der Waals surface area contributed by atoms with Gasteiger partial charge < -0.3 is 16.8 Å². The highest BCUT2D eigenvalue weighted by Gasteiger charge is 2.14. The molecule has 110 valence electrons. The van der Waals surface area contributed by atoms with Crippen LogP contribution in [0.5, 0.6) is 0 Å². The minimum atomic E-state index is -0.615. The predicted molar refractivity (Wildman–Crippen MR) is 77.0 cm³/mol. The average molecular weight is 309 g/mol. The van der Waals surface area contributed by atoms with Gasteiger partial charge in [-0.2, -0.15) is 0 Å². The summed E-state index contributed by atoms with van der Waals surface area (Å²) in [6, 6.07) is 4.34. The Kier molecular flexibility index (Phi) is 4.51.